The highest BCUT2D eigenvalue weighted by atomic mass is 19.4. The average molecular weight is 396 g/mol. The van der Waals surface area contributed by atoms with Gasteiger partial charge in [0.05, 0.1) is 7.11 Å². The molecule has 0 saturated carbocycles. The third-order valence-corrected chi connectivity index (χ3v) is 4.43. The van der Waals surface area contributed by atoms with E-state index in [1.807, 2.05) is 6.07 Å². The van der Waals surface area contributed by atoms with Gasteiger partial charge in [-0.3, -0.25) is 0 Å². The number of benzene rings is 1. The second-order valence-electron chi connectivity index (χ2n) is 6.51. The smallest absolute Gasteiger partial charge is 0.467 e. The number of rotatable bonds is 7. The summed E-state index contributed by atoms with van der Waals surface area (Å²) in [7, 11) is 1.53. The van der Waals surface area contributed by atoms with E-state index in [4.69, 9.17) is 4.74 Å². The summed E-state index contributed by atoms with van der Waals surface area (Å²) in [4.78, 5) is 11.0. The molecule has 2 heterocycles. The van der Waals surface area contributed by atoms with Crippen molar-refractivity contribution in [3.05, 3.63) is 35.9 Å². The molecule has 2 aromatic rings. The molecule has 0 atom stereocenters. The van der Waals surface area contributed by atoms with Crippen LogP contribution in [0.1, 0.15) is 24.8 Å². The number of hydrogen-bond acceptors (Lipinski definition) is 6. The lowest BCUT2D eigenvalue weighted by molar-refractivity contribution is -0.274. The van der Waals surface area contributed by atoms with Crippen molar-refractivity contribution in [1.82, 2.24) is 9.97 Å². The number of halogens is 3. The summed E-state index contributed by atoms with van der Waals surface area (Å²) >= 11 is 0. The Morgan fingerprint density at radius 3 is 2.43 bits per heavy atom. The van der Waals surface area contributed by atoms with Crippen molar-refractivity contribution in [3.8, 4) is 11.8 Å². The summed E-state index contributed by atoms with van der Waals surface area (Å²) in [6, 6.07) is 8.05. The van der Waals surface area contributed by atoms with Gasteiger partial charge in [-0.05, 0) is 43.4 Å². The van der Waals surface area contributed by atoms with Gasteiger partial charge in [0, 0.05) is 25.7 Å². The molecular formula is C19H23F3N4O2. The lowest BCUT2D eigenvalue weighted by Crippen LogP contribution is -2.30. The highest BCUT2D eigenvalue weighted by Crippen LogP contribution is 2.24. The minimum absolute atomic E-state index is 0.226. The van der Waals surface area contributed by atoms with Gasteiger partial charge in [-0.15, -0.1) is 13.2 Å². The van der Waals surface area contributed by atoms with Gasteiger partial charge >= 0.3 is 12.4 Å². The minimum Gasteiger partial charge on any atom is -0.467 e. The number of anilines is 2. The van der Waals surface area contributed by atoms with Crippen molar-refractivity contribution >= 4 is 11.6 Å². The van der Waals surface area contributed by atoms with Crippen molar-refractivity contribution in [1.29, 1.82) is 0 Å². The zero-order chi connectivity index (χ0) is 20.0. The van der Waals surface area contributed by atoms with Crippen LogP contribution in [0.25, 0.3) is 0 Å². The van der Waals surface area contributed by atoms with Crippen LogP contribution in [0.5, 0.6) is 11.8 Å². The largest absolute Gasteiger partial charge is 0.573 e. The first kappa shape index (κ1) is 20.0. The predicted molar refractivity (Wildman–Crippen MR) is 100.0 cm³/mol. The van der Waals surface area contributed by atoms with Crippen LogP contribution in [0.4, 0.5) is 24.8 Å². The van der Waals surface area contributed by atoms with E-state index in [2.05, 4.69) is 24.9 Å². The van der Waals surface area contributed by atoms with E-state index in [-0.39, 0.29) is 5.75 Å². The topological polar surface area (TPSA) is 59.5 Å². The van der Waals surface area contributed by atoms with Crippen LogP contribution in [0, 0.1) is 0 Å². The van der Waals surface area contributed by atoms with Gasteiger partial charge in [-0.25, -0.2) is 0 Å². The van der Waals surface area contributed by atoms with E-state index in [1.54, 1.807) is 12.1 Å². The summed E-state index contributed by atoms with van der Waals surface area (Å²) in [5.74, 6) is 1.27. The highest BCUT2D eigenvalue weighted by molar-refractivity contribution is 5.50. The van der Waals surface area contributed by atoms with Crippen LogP contribution >= 0.6 is 0 Å². The molecule has 1 aliphatic rings. The Bertz CT molecular complexity index is 763. The van der Waals surface area contributed by atoms with Crippen molar-refractivity contribution in [2.24, 2.45) is 0 Å². The molecule has 1 N–H and O–H groups in total. The fourth-order valence-corrected chi connectivity index (χ4v) is 3.07. The third-order valence-electron chi connectivity index (χ3n) is 4.43. The van der Waals surface area contributed by atoms with Crippen molar-refractivity contribution < 1.29 is 22.6 Å². The molecule has 6 nitrogen and oxygen atoms in total. The van der Waals surface area contributed by atoms with E-state index >= 15 is 0 Å². The molecule has 0 spiro atoms. The molecular weight excluding hydrogens is 373 g/mol. The Labute approximate surface area is 161 Å². The van der Waals surface area contributed by atoms with Crippen LogP contribution in [0.3, 0.4) is 0 Å². The Morgan fingerprint density at radius 1 is 1.07 bits per heavy atom. The van der Waals surface area contributed by atoms with Gasteiger partial charge in [0.2, 0.25) is 0 Å². The fourth-order valence-electron chi connectivity index (χ4n) is 3.07. The monoisotopic (exact) mass is 396 g/mol. The second-order valence-corrected chi connectivity index (χ2v) is 6.51. The van der Waals surface area contributed by atoms with Crippen LogP contribution in [-0.4, -0.2) is 43.1 Å². The summed E-state index contributed by atoms with van der Waals surface area (Å²) in [6.45, 7) is 2.50. The molecule has 1 aromatic carbocycles. The molecule has 0 unspecified atom stereocenters. The molecule has 152 valence electrons. The lowest BCUT2D eigenvalue weighted by Gasteiger charge is -2.28. The summed E-state index contributed by atoms with van der Waals surface area (Å²) in [5, 5.41) is 3.23. The number of methoxy groups -OCH3 is 1. The van der Waals surface area contributed by atoms with E-state index in [0.29, 0.717) is 24.8 Å². The van der Waals surface area contributed by atoms with Gasteiger partial charge in [-0.2, -0.15) is 9.97 Å². The van der Waals surface area contributed by atoms with Crippen molar-refractivity contribution in [3.63, 3.8) is 0 Å². The van der Waals surface area contributed by atoms with Crippen molar-refractivity contribution in [2.45, 2.75) is 32.0 Å². The predicted octanol–water partition coefficient (Wildman–Crippen LogP) is 4.03. The highest BCUT2D eigenvalue weighted by Gasteiger charge is 2.30. The van der Waals surface area contributed by atoms with Gasteiger partial charge in [-0.1, -0.05) is 12.1 Å². The first-order valence-corrected chi connectivity index (χ1v) is 9.19. The van der Waals surface area contributed by atoms with E-state index in [0.717, 1.165) is 37.3 Å². The Kier molecular flexibility index (Phi) is 6.43. The van der Waals surface area contributed by atoms with Crippen LogP contribution < -0.4 is 19.7 Å². The molecule has 1 saturated heterocycles. The van der Waals surface area contributed by atoms with Gasteiger partial charge < -0.3 is 19.7 Å². The summed E-state index contributed by atoms with van der Waals surface area (Å²) in [5.41, 5.74) is 0.888. The zero-order valence-electron chi connectivity index (χ0n) is 15.6. The number of piperidine rings is 1. The molecule has 1 fully saturated rings. The SMILES string of the molecule is COc1nc(NCCc2ccc(OC(F)(F)F)cc2)cc(N2CCCCC2)n1. The zero-order valence-corrected chi connectivity index (χ0v) is 15.6. The van der Waals surface area contributed by atoms with E-state index < -0.39 is 6.36 Å². The van der Waals surface area contributed by atoms with Gasteiger partial charge in [0.1, 0.15) is 17.4 Å². The Morgan fingerprint density at radius 2 is 1.79 bits per heavy atom. The average Bonchev–Trinajstić information content (AvgIpc) is 2.68. The quantitative estimate of drug-likeness (QED) is 0.763. The first-order valence-electron chi connectivity index (χ1n) is 9.19. The first-order chi connectivity index (χ1) is 13.4. The molecule has 1 aliphatic heterocycles. The van der Waals surface area contributed by atoms with Crippen LogP contribution in [0.2, 0.25) is 0 Å². The maximum Gasteiger partial charge on any atom is 0.573 e. The molecule has 9 heteroatoms. The Hall–Kier alpha value is -2.71. The number of ether oxygens (including phenoxy) is 2. The standard InChI is InChI=1S/C19H23F3N4O2/c1-27-18-24-16(13-17(25-18)26-11-3-2-4-12-26)23-10-9-14-5-7-15(8-6-14)28-19(20,21)22/h5-8,13H,2-4,9-12H2,1H3,(H,23,24,25). The molecule has 0 radical (unpaired) electrons. The fraction of sp³-hybridized carbons (Fsp3) is 0.474. The molecule has 0 bridgehead atoms. The Balaban J connectivity index is 1.58. The minimum atomic E-state index is -4.68. The van der Waals surface area contributed by atoms with Crippen LogP contribution in [-0.2, 0) is 6.42 Å². The van der Waals surface area contributed by atoms with E-state index in [1.165, 1.54) is 25.7 Å². The maximum absolute atomic E-state index is 12.2. The number of alkyl halides is 3. The van der Waals surface area contributed by atoms with Crippen LogP contribution in [0.15, 0.2) is 30.3 Å². The van der Waals surface area contributed by atoms with Gasteiger partial charge in [0.25, 0.3) is 0 Å². The van der Waals surface area contributed by atoms with Crippen molar-refractivity contribution in [2.75, 3.05) is 37.0 Å². The molecule has 0 amide bonds. The molecule has 1 aromatic heterocycles. The maximum atomic E-state index is 12.2. The normalized spacial score (nSPS) is 14.6. The summed E-state index contributed by atoms with van der Waals surface area (Å²) < 4.78 is 45.7. The number of nitrogens with zero attached hydrogens (tertiary/aromatic N) is 3. The molecule has 0 aliphatic carbocycles. The van der Waals surface area contributed by atoms with E-state index in [9.17, 15) is 13.2 Å². The summed E-state index contributed by atoms with van der Waals surface area (Å²) in [6.07, 6.45) is -0.540. The van der Waals surface area contributed by atoms with Gasteiger partial charge in [0.15, 0.2) is 0 Å². The number of hydrogen-bond donors (Lipinski definition) is 1. The number of nitrogens with one attached hydrogen (secondary N) is 1. The molecule has 3 rings (SSSR count). The third kappa shape index (κ3) is 5.90. The lowest BCUT2D eigenvalue weighted by atomic mass is 10.1. The molecule has 28 heavy (non-hydrogen) atoms. The second kappa shape index (κ2) is 8.99. The number of aromatic nitrogens is 2.